The van der Waals surface area contributed by atoms with Crippen LogP contribution in [0.5, 0.6) is 0 Å². The SMILES string of the molecule is CC(C)(C)NCc1cc(F)c(N2CCC(O)C2)c(F)c1. The van der Waals surface area contributed by atoms with Gasteiger partial charge in [-0.1, -0.05) is 0 Å². The fourth-order valence-corrected chi connectivity index (χ4v) is 2.33. The van der Waals surface area contributed by atoms with Crippen molar-refractivity contribution in [2.45, 2.75) is 45.4 Å². The number of anilines is 1. The molecule has 2 rings (SSSR count). The maximum absolute atomic E-state index is 14.1. The third kappa shape index (κ3) is 3.67. The van der Waals surface area contributed by atoms with Gasteiger partial charge in [0.25, 0.3) is 0 Å². The van der Waals surface area contributed by atoms with Crippen LogP contribution in [0.2, 0.25) is 0 Å². The highest BCUT2D eigenvalue weighted by atomic mass is 19.1. The number of halogens is 2. The van der Waals surface area contributed by atoms with Gasteiger partial charge in [0.05, 0.1) is 6.10 Å². The number of hydrogen-bond acceptors (Lipinski definition) is 3. The molecule has 1 aromatic rings. The van der Waals surface area contributed by atoms with Crippen LogP contribution < -0.4 is 10.2 Å². The lowest BCUT2D eigenvalue weighted by molar-refractivity contribution is 0.198. The summed E-state index contributed by atoms with van der Waals surface area (Å²) in [6, 6.07) is 2.73. The Morgan fingerprint density at radius 1 is 1.30 bits per heavy atom. The molecule has 0 aliphatic carbocycles. The van der Waals surface area contributed by atoms with Crippen molar-refractivity contribution in [2.75, 3.05) is 18.0 Å². The largest absolute Gasteiger partial charge is 0.391 e. The highest BCUT2D eigenvalue weighted by molar-refractivity contribution is 5.51. The quantitative estimate of drug-likeness (QED) is 0.895. The Balaban J connectivity index is 2.16. The zero-order valence-electron chi connectivity index (χ0n) is 12.2. The summed E-state index contributed by atoms with van der Waals surface area (Å²) >= 11 is 0. The van der Waals surface area contributed by atoms with Crippen LogP contribution in [0.25, 0.3) is 0 Å². The first-order chi connectivity index (χ1) is 9.26. The van der Waals surface area contributed by atoms with Crippen molar-refractivity contribution in [3.05, 3.63) is 29.3 Å². The summed E-state index contributed by atoms with van der Waals surface area (Å²) in [5.74, 6) is -1.13. The molecule has 1 atom stereocenters. The lowest BCUT2D eigenvalue weighted by Gasteiger charge is -2.22. The molecule has 1 aliphatic rings. The number of aliphatic hydroxyl groups is 1. The van der Waals surface area contributed by atoms with Gasteiger partial charge in [0.2, 0.25) is 0 Å². The van der Waals surface area contributed by atoms with Crippen molar-refractivity contribution in [3.63, 3.8) is 0 Å². The molecule has 1 saturated heterocycles. The van der Waals surface area contributed by atoms with Crippen molar-refractivity contribution in [1.29, 1.82) is 0 Å². The van der Waals surface area contributed by atoms with Crippen molar-refractivity contribution >= 4 is 5.69 Å². The summed E-state index contributed by atoms with van der Waals surface area (Å²) in [5, 5.41) is 12.7. The van der Waals surface area contributed by atoms with Crippen LogP contribution >= 0.6 is 0 Å². The minimum atomic E-state index is -0.565. The molecule has 0 radical (unpaired) electrons. The van der Waals surface area contributed by atoms with Crippen LogP contribution in [0.1, 0.15) is 32.8 Å². The molecule has 1 aliphatic heterocycles. The van der Waals surface area contributed by atoms with Crippen LogP contribution in [0.15, 0.2) is 12.1 Å². The highest BCUT2D eigenvalue weighted by Crippen LogP contribution is 2.28. The highest BCUT2D eigenvalue weighted by Gasteiger charge is 2.25. The van der Waals surface area contributed by atoms with Crippen molar-refractivity contribution in [3.8, 4) is 0 Å². The van der Waals surface area contributed by atoms with E-state index >= 15 is 0 Å². The Labute approximate surface area is 118 Å². The van der Waals surface area contributed by atoms with E-state index in [-0.39, 0.29) is 17.8 Å². The molecule has 20 heavy (non-hydrogen) atoms. The van der Waals surface area contributed by atoms with E-state index in [9.17, 15) is 13.9 Å². The molecule has 0 saturated carbocycles. The van der Waals surface area contributed by atoms with Gasteiger partial charge in [0.1, 0.15) is 17.3 Å². The van der Waals surface area contributed by atoms with Crippen molar-refractivity contribution in [2.24, 2.45) is 0 Å². The van der Waals surface area contributed by atoms with Gasteiger partial charge in [-0.05, 0) is 44.9 Å². The lowest BCUT2D eigenvalue weighted by Crippen LogP contribution is -2.35. The normalized spacial score (nSPS) is 19.7. The summed E-state index contributed by atoms with van der Waals surface area (Å²) in [6.45, 7) is 7.18. The molecule has 1 aromatic carbocycles. The number of hydrogen-bond donors (Lipinski definition) is 2. The second-order valence-corrected chi connectivity index (χ2v) is 6.40. The van der Waals surface area contributed by atoms with E-state index in [1.54, 1.807) is 4.90 Å². The molecule has 1 unspecified atom stereocenters. The predicted octanol–water partition coefficient (Wildman–Crippen LogP) is 2.42. The lowest BCUT2D eigenvalue weighted by atomic mass is 10.1. The van der Waals surface area contributed by atoms with E-state index in [0.717, 1.165) is 0 Å². The third-order valence-corrected chi connectivity index (χ3v) is 3.38. The Morgan fingerprint density at radius 2 is 1.90 bits per heavy atom. The van der Waals surface area contributed by atoms with Gasteiger partial charge in [-0.2, -0.15) is 0 Å². The van der Waals surface area contributed by atoms with E-state index in [4.69, 9.17) is 0 Å². The summed E-state index contributed by atoms with van der Waals surface area (Å²) in [7, 11) is 0. The number of β-amino-alcohol motifs (C(OH)–C–C–N with tert-alkyl or cyclic N) is 1. The minimum Gasteiger partial charge on any atom is -0.391 e. The van der Waals surface area contributed by atoms with Gasteiger partial charge in [-0.25, -0.2) is 8.78 Å². The van der Waals surface area contributed by atoms with Gasteiger partial charge < -0.3 is 15.3 Å². The Kier molecular flexibility index (Phi) is 4.30. The average Bonchev–Trinajstić information content (AvgIpc) is 2.71. The molecular weight excluding hydrogens is 262 g/mol. The van der Waals surface area contributed by atoms with E-state index < -0.39 is 17.7 Å². The van der Waals surface area contributed by atoms with E-state index in [0.29, 0.717) is 25.1 Å². The number of aliphatic hydroxyl groups excluding tert-OH is 1. The van der Waals surface area contributed by atoms with Gasteiger partial charge >= 0.3 is 0 Å². The molecule has 0 amide bonds. The number of rotatable bonds is 3. The summed E-state index contributed by atoms with van der Waals surface area (Å²) in [4.78, 5) is 1.57. The monoisotopic (exact) mass is 284 g/mol. The number of benzene rings is 1. The summed E-state index contributed by atoms with van der Waals surface area (Å²) < 4.78 is 28.2. The third-order valence-electron chi connectivity index (χ3n) is 3.38. The first-order valence-corrected chi connectivity index (χ1v) is 6.92. The van der Waals surface area contributed by atoms with Crippen molar-refractivity contribution < 1.29 is 13.9 Å². The van der Waals surface area contributed by atoms with Gasteiger partial charge in [0.15, 0.2) is 0 Å². The zero-order chi connectivity index (χ0) is 14.9. The van der Waals surface area contributed by atoms with Crippen LogP contribution in [0.3, 0.4) is 0 Å². The zero-order valence-corrected chi connectivity index (χ0v) is 12.2. The maximum atomic E-state index is 14.1. The molecule has 1 heterocycles. The summed E-state index contributed by atoms with van der Waals surface area (Å²) in [6.07, 6.45) is 0.0442. The molecule has 0 aromatic heterocycles. The molecule has 0 bridgehead atoms. The fourth-order valence-electron chi connectivity index (χ4n) is 2.33. The second kappa shape index (κ2) is 5.66. The molecule has 2 N–H and O–H groups in total. The number of nitrogens with one attached hydrogen (secondary N) is 1. The average molecular weight is 284 g/mol. The Bertz CT molecular complexity index is 462. The molecular formula is C15H22F2N2O. The maximum Gasteiger partial charge on any atom is 0.149 e. The standard InChI is InChI=1S/C15H22F2N2O/c1-15(2,3)18-8-10-6-12(16)14(13(17)7-10)19-5-4-11(20)9-19/h6-7,11,18,20H,4-5,8-9H2,1-3H3. The van der Waals surface area contributed by atoms with Gasteiger partial charge in [0, 0.05) is 25.2 Å². The molecule has 112 valence electrons. The Hall–Kier alpha value is -1.20. The molecule has 0 spiro atoms. The minimum absolute atomic E-state index is 0.0268. The fraction of sp³-hybridized carbons (Fsp3) is 0.600. The van der Waals surface area contributed by atoms with Crippen molar-refractivity contribution in [1.82, 2.24) is 5.32 Å². The van der Waals surface area contributed by atoms with Crippen LogP contribution in [0.4, 0.5) is 14.5 Å². The van der Waals surface area contributed by atoms with Gasteiger partial charge in [-0.15, -0.1) is 0 Å². The number of nitrogens with zero attached hydrogens (tertiary/aromatic N) is 1. The van der Waals surface area contributed by atoms with E-state index in [1.165, 1.54) is 12.1 Å². The van der Waals surface area contributed by atoms with Crippen LogP contribution in [-0.4, -0.2) is 29.8 Å². The van der Waals surface area contributed by atoms with E-state index in [2.05, 4.69) is 5.32 Å². The Morgan fingerprint density at radius 3 is 2.35 bits per heavy atom. The molecule has 3 nitrogen and oxygen atoms in total. The molecule has 5 heteroatoms. The first-order valence-electron chi connectivity index (χ1n) is 6.92. The van der Waals surface area contributed by atoms with Crippen LogP contribution in [-0.2, 0) is 6.54 Å². The van der Waals surface area contributed by atoms with E-state index in [1.807, 2.05) is 20.8 Å². The van der Waals surface area contributed by atoms with Crippen LogP contribution in [0, 0.1) is 11.6 Å². The van der Waals surface area contributed by atoms with Gasteiger partial charge in [-0.3, -0.25) is 0 Å². The molecule has 1 fully saturated rings. The smallest absolute Gasteiger partial charge is 0.149 e. The summed E-state index contributed by atoms with van der Waals surface area (Å²) in [5.41, 5.74) is 0.449. The topological polar surface area (TPSA) is 35.5 Å². The first kappa shape index (κ1) is 15.2. The second-order valence-electron chi connectivity index (χ2n) is 6.40. The predicted molar refractivity (Wildman–Crippen MR) is 75.8 cm³/mol.